The molecule has 4 aromatic carbocycles. The fourth-order valence-electron chi connectivity index (χ4n) is 7.16. The van der Waals surface area contributed by atoms with Gasteiger partial charge >= 0.3 is 0 Å². The maximum absolute atomic E-state index is 14.9. The van der Waals surface area contributed by atoms with Crippen molar-refractivity contribution in [3.8, 4) is 5.75 Å². The molecule has 0 unspecified atom stereocenters. The van der Waals surface area contributed by atoms with Gasteiger partial charge in [-0.25, -0.2) is 0 Å². The van der Waals surface area contributed by atoms with Gasteiger partial charge < -0.3 is 15.0 Å². The minimum absolute atomic E-state index is 0.272. The number of halogens is 1. The Morgan fingerprint density at radius 3 is 2.45 bits per heavy atom. The number of nitrogens with zero attached hydrogens (tertiary/aromatic N) is 1. The van der Waals surface area contributed by atoms with E-state index in [1.54, 1.807) is 55.6 Å². The molecule has 0 radical (unpaired) electrons. The molecular formula is C35H27ClN2O4. The third-order valence-electron chi connectivity index (χ3n) is 8.93. The summed E-state index contributed by atoms with van der Waals surface area (Å²) in [5.41, 5.74) is 3.32. The number of carbonyl (C=O) groups is 3. The van der Waals surface area contributed by atoms with Crippen molar-refractivity contribution in [1.29, 1.82) is 0 Å². The maximum atomic E-state index is 14.9. The Morgan fingerprint density at radius 1 is 0.905 bits per heavy atom. The number of carbonyl (C=O) groups excluding carboxylic acids is 3. The van der Waals surface area contributed by atoms with E-state index in [9.17, 15) is 14.4 Å². The molecule has 1 saturated heterocycles. The number of methoxy groups -OCH3 is 1. The Bertz CT molecular complexity index is 1830. The van der Waals surface area contributed by atoms with Gasteiger partial charge in [0.1, 0.15) is 17.2 Å². The van der Waals surface area contributed by atoms with E-state index in [-0.39, 0.29) is 28.1 Å². The molecule has 1 spiro atoms. The van der Waals surface area contributed by atoms with Gasteiger partial charge in [-0.2, -0.15) is 0 Å². The fourth-order valence-corrected chi connectivity index (χ4v) is 7.39. The quantitative estimate of drug-likeness (QED) is 0.272. The van der Waals surface area contributed by atoms with Crippen molar-refractivity contribution in [3.05, 3.63) is 130 Å². The Hall–Kier alpha value is -4.68. The molecule has 1 N–H and O–H groups in total. The van der Waals surface area contributed by atoms with Crippen LogP contribution in [0.15, 0.2) is 103 Å². The molecule has 6 nitrogen and oxygen atoms in total. The number of fused-ring (bicyclic) bond motifs is 6. The van der Waals surface area contributed by atoms with Crippen molar-refractivity contribution in [2.45, 2.75) is 24.4 Å². The highest BCUT2D eigenvalue weighted by atomic mass is 35.5. The number of Topliss-reactive ketones (excluding diaryl/α,β-unsaturated/α-hetero) is 2. The second kappa shape index (κ2) is 9.71. The normalized spacial score (nSPS) is 23.5. The Morgan fingerprint density at radius 2 is 1.64 bits per heavy atom. The number of hydrogen-bond acceptors (Lipinski definition) is 5. The Kier molecular flexibility index (Phi) is 6.06. The van der Waals surface area contributed by atoms with Crippen LogP contribution in [0, 0.1) is 5.92 Å². The predicted molar refractivity (Wildman–Crippen MR) is 163 cm³/mol. The average molecular weight is 575 g/mol. The molecule has 3 heterocycles. The van der Waals surface area contributed by atoms with E-state index < -0.39 is 23.4 Å². The van der Waals surface area contributed by atoms with Gasteiger partial charge in [-0.3, -0.25) is 14.4 Å². The molecule has 0 bridgehead atoms. The third kappa shape index (κ3) is 3.55. The van der Waals surface area contributed by atoms with E-state index in [2.05, 4.69) is 5.32 Å². The average Bonchev–Trinajstić information content (AvgIpc) is 3.49. The van der Waals surface area contributed by atoms with Crippen LogP contribution >= 0.6 is 11.6 Å². The first-order valence-corrected chi connectivity index (χ1v) is 14.2. The lowest BCUT2D eigenvalue weighted by Crippen LogP contribution is -2.51. The number of nitrogens with one attached hydrogen (secondary N) is 1. The van der Waals surface area contributed by atoms with Crippen LogP contribution in [0.3, 0.4) is 0 Å². The van der Waals surface area contributed by atoms with E-state index in [4.69, 9.17) is 16.3 Å². The highest BCUT2D eigenvalue weighted by Crippen LogP contribution is 2.59. The smallest absolute Gasteiger partial charge is 0.238 e. The van der Waals surface area contributed by atoms with Crippen molar-refractivity contribution in [2.24, 2.45) is 5.92 Å². The third-order valence-corrected chi connectivity index (χ3v) is 9.26. The standard InChI is InChI=1S/C35H27ClN2O4/c1-20-18-29-35(25-14-5-7-16-27(25)37-34(35)41)30(33(40)24-13-3-6-15-26(24)36)31(38(29)28-17-8-4-12-23(20)28)32(39)21-10-9-11-22(19-21)42-2/h3-19,29-31H,1-2H3,(H,37,41)/t29-,30-,31+,35+/m0/s1. The van der Waals surface area contributed by atoms with Crippen LogP contribution < -0.4 is 15.0 Å². The molecule has 3 aliphatic heterocycles. The summed E-state index contributed by atoms with van der Waals surface area (Å²) in [5.74, 6) is -1.51. The minimum atomic E-state index is -1.40. The van der Waals surface area contributed by atoms with Crippen LogP contribution in [0.4, 0.5) is 11.4 Å². The summed E-state index contributed by atoms with van der Waals surface area (Å²) in [6, 6.07) is 27.4. The topological polar surface area (TPSA) is 75.7 Å². The largest absolute Gasteiger partial charge is 0.497 e. The van der Waals surface area contributed by atoms with E-state index in [1.165, 1.54) is 0 Å². The molecule has 7 heteroatoms. The molecule has 0 saturated carbocycles. The first-order chi connectivity index (χ1) is 20.4. The monoisotopic (exact) mass is 574 g/mol. The van der Waals surface area contributed by atoms with Crippen LogP contribution in [-0.4, -0.2) is 36.7 Å². The molecule has 208 valence electrons. The van der Waals surface area contributed by atoms with Gasteiger partial charge in [-0.05, 0) is 54.5 Å². The fraction of sp³-hybridized carbons (Fsp3) is 0.171. The lowest BCUT2D eigenvalue weighted by Gasteiger charge is -2.39. The van der Waals surface area contributed by atoms with Gasteiger partial charge in [0.25, 0.3) is 0 Å². The van der Waals surface area contributed by atoms with Gasteiger partial charge in [0.15, 0.2) is 11.6 Å². The summed E-state index contributed by atoms with van der Waals surface area (Å²) in [5, 5.41) is 3.33. The first-order valence-electron chi connectivity index (χ1n) is 13.8. The number of ether oxygens (including phenoxy) is 1. The van der Waals surface area contributed by atoms with Crippen LogP contribution in [0.2, 0.25) is 5.02 Å². The minimum Gasteiger partial charge on any atom is -0.497 e. The Labute approximate surface area is 248 Å². The molecular weight excluding hydrogens is 548 g/mol. The number of amides is 1. The highest BCUT2D eigenvalue weighted by Gasteiger charge is 2.70. The second-order valence-electron chi connectivity index (χ2n) is 11.0. The van der Waals surface area contributed by atoms with E-state index >= 15 is 0 Å². The first kappa shape index (κ1) is 26.2. The maximum Gasteiger partial charge on any atom is 0.238 e. The molecule has 1 fully saturated rings. The zero-order valence-electron chi connectivity index (χ0n) is 23.0. The molecule has 7 rings (SSSR count). The van der Waals surface area contributed by atoms with Gasteiger partial charge in [0.2, 0.25) is 5.91 Å². The summed E-state index contributed by atoms with van der Waals surface area (Å²) in [6.07, 6.45) is 2.04. The number of ketones is 2. The van der Waals surface area contributed by atoms with Gasteiger partial charge in [0, 0.05) is 28.1 Å². The molecule has 4 aromatic rings. The van der Waals surface area contributed by atoms with Crippen molar-refractivity contribution < 1.29 is 19.1 Å². The lowest BCUT2D eigenvalue weighted by atomic mass is 9.64. The summed E-state index contributed by atoms with van der Waals surface area (Å²) >= 11 is 6.62. The summed E-state index contributed by atoms with van der Waals surface area (Å²) < 4.78 is 5.44. The van der Waals surface area contributed by atoms with Crippen LogP contribution in [-0.2, 0) is 10.2 Å². The van der Waals surface area contributed by atoms with Crippen LogP contribution in [0.5, 0.6) is 5.75 Å². The van der Waals surface area contributed by atoms with Crippen LogP contribution in [0.1, 0.15) is 38.8 Å². The number of para-hydroxylation sites is 2. The molecule has 3 aliphatic rings. The van der Waals surface area contributed by atoms with E-state index in [0.29, 0.717) is 22.6 Å². The van der Waals surface area contributed by atoms with Crippen LogP contribution in [0.25, 0.3) is 5.57 Å². The summed E-state index contributed by atoms with van der Waals surface area (Å²) in [7, 11) is 1.54. The number of benzene rings is 4. The number of allylic oxidation sites excluding steroid dienone is 1. The number of hydrogen-bond donors (Lipinski definition) is 1. The Balaban J connectivity index is 1.56. The number of anilines is 2. The van der Waals surface area contributed by atoms with Crippen molar-refractivity contribution in [3.63, 3.8) is 0 Å². The zero-order chi connectivity index (χ0) is 29.2. The van der Waals surface area contributed by atoms with E-state index in [0.717, 1.165) is 16.8 Å². The molecule has 4 atom stereocenters. The molecule has 0 aliphatic carbocycles. The second-order valence-corrected chi connectivity index (χ2v) is 11.4. The number of rotatable bonds is 5. The predicted octanol–water partition coefficient (Wildman–Crippen LogP) is 6.59. The van der Waals surface area contributed by atoms with Gasteiger partial charge in [0.05, 0.1) is 24.1 Å². The van der Waals surface area contributed by atoms with Crippen molar-refractivity contribution >= 4 is 46.0 Å². The van der Waals surface area contributed by atoms with Crippen molar-refractivity contribution in [2.75, 3.05) is 17.3 Å². The SMILES string of the molecule is COc1cccc(C(=O)[C@H]2[C@@H](C(=O)c3ccccc3Cl)[C@]3(C(=O)Nc4ccccc43)[C@@H]3C=C(C)c4ccccc4N32)c1. The molecule has 1 amide bonds. The van der Waals surface area contributed by atoms with Gasteiger partial charge in [-0.15, -0.1) is 0 Å². The lowest BCUT2D eigenvalue weighted by molar-refractivity contribution is -0.121. The summed E-state index contributed by atoms with van der Waals surface area (Å²) in [6.45, 7) is 2.00. The molecule has 42 heavy (non-hydrogen) atoms. The van der Waals surface area contributed by atoms with Crippen molar-refractivity contribution in [1.82, 2.24) is 0 Å². The molecule has 0 aromatic heterocycles. The summed E-state index contributed by atoms with van der Waals surface area (Å²) in [4.78, 5) is 46.2. The van der Waals surface area contributed by atoms with E-state index in [1.807, 2.05) is 66.4 Å². The zero-order valence-corrected chi connectivity index (χ0v) is 23.8. The van der Waals surface area contributed by atoms with Gasteiger partial charge in [-0.1, -0.05) is 78.3 Å². The highest BCUT2D eigenvalue weighted by molar-refractivity contribution is 6.34.